The summed E-state index contributed by atoms with van der Waals surface area (Å²) in [7, 11) is 1.54. The zero-order chi connectivity index (χ0) is 24.5. The highest BCUT2D eigenvalue weighted by Crippen LogP contribution is 2.43. The molecule has 35 heavy (non-hydrogen) atoms. The summed E-state index contributed by atoms with van der Waals surface area (Å²) in [6, 6.07) is 12.0. The van der Waals surface area contributed by atoms with Crippen LogP contribution in [0.15, 0.2) is 54.2 Å². The van der Waals surface area contributed by atoms with Crippen molar-refractivity contribution in [3.63, 3.8) is 0 Å². The number of carbonyl (C=O) groups is 2. The van der Waals surface area contributed by atoms with Crippen molar-refractivity contribution >= 4 is 28.4 Å². The SMILES string of the molecule is CCOc1ccc(C2/C(=C(/O)c3c[nH]c4ccccc34)C(=O)C(=O)N2CC2CCCO2)cc1OC. The number of ketones is 1. The lowest BCUT2D eigenvalue weighted by Gasteiger charge is -2.28. The van der Waals surface area contributed by atoms with Crippen LogP contribution in [0.25, 0.3) is 16.7 Å². The number of aromatic amines is 1. The largest absolute Gasteiger partial charge is 0.507 e. The van der Waals surface area contributed by atoms with Gasteiger partial charge in [0.05, 0.1) is 31.4 Å². The van der Waals surface area contributed by atoms with Gasteiger partial charge in [-0.2, -0.15) is 0 Å². The monoisotopic (exact) mass is 476 g/mol. The summed E-state index contributed by atoms with van der Waals surface area (Å²) in [6.07, 6.45) is 3.22. The van der Waals surface area contributed by atoms with Crippen LogP contribution in [0.1, 0.15) is 36.9 Å². The average Bonchev–Trinajstić information content (AvgIpc) is 3.60. The number of para-hydroxylation sites is 1. The summed E-state index contributed by atoms with van der Waals surface area (Å²) < 4.78 is 16.9. The zero-order valence-corrected chi connectivity index (χ0v) is 19.7. The van der Waals surface area contributed by atoms with Gasteiger partial charge in [-0.25, -0.2) is 0 Å². The normalized spacial score (nSPS) is 21.7. The predicted octanol–water partition coefficient (Wildman–Crippen LogP) is 4.18. The maximum Gasteiger partial charge on any atom is 0.295 e. The molecule has 5 rings (SSSR count). The fraction of sp³-hybridized carbons (Fsp3) is 0.333. The van der Waals surface area contributed by atoms with Crippen LogP contribution in [0, 0.1) is 0 Å². The number of hydrogen-bond acceptors (Lipinski definition) is 6. The first kappa shape index (κ1) is 23.0. The van der Waals surface area contributed by atoms with Crippen LogP contribution >= 0.6 is 0 Å². The van der Waals surface area contributed by atoms with Crippen LogP contribution < -0.4 is 9.47 Å². The van der Waals surface area contributed by atoms with Gasteiger partial charge in [0.1, 0.15) is 5.76 Å². The Balaban J connectivity index is 1.66. The topological polar surface area (TPSA) is 101 Å². The Morgan fingerprint density at radius 1 is 1.20 bits per heavy atom. The number of rotatable bonds is 7. The molecule has 8 nitrogen and oxygen atoms in total. The van der Waals surface area contributed by atoms with Gasteiger partial charge in [-0.05, 0) is 43.5 Å². The van der Waals surface area contributed by atoms with E-state index in [-0.39, 0.29) is 24.0 Å². The molecule has 2 aromatic carbocycles. The molecule has 2 fully saturated rings. The van der Waals surface area contributed by atoms with Crippen LogP contribution in [0.5, 0.6) is 11.5 Å². The molecule has 2 aliphatic heterocycles. The van der Waals surface area contributed by atoms with Crippen molar-refractivity contribution in [2.75, 3.05) is 26.9 Å². The summed E-state index contributed by atoms with van der Waals surface area (Å²) in [5, 5.41) is 12.2. The molecule has 0 bridgehead atoms. The molecule has 2 N–H and O–H groups in total. The van der Waals surface area contributed by atoms with Crippen molar-refractivity contribution in [3.05, 3.63) is 65.4 Å². The van der Waals surface area contributed by atoms with Crippen LogP contribution in [0.4, 0.5) is 0 Å². The number of aromatic nitrogens is 1. The Labute approximate surface area is 203 Å². The van der Waals surface area contributed by atoms with Crippen LogP contribution in [-0.2, 0) is 14.3 Å². The van der Waals surface area contributed by atoms with Crippen molar-refractivity contribution in [2.24, 2.45) is 0 Å². The van der Waals surface area contributed by atoms with Gasteiger partial charge in [-0.15, -0.1) is 0 Å². The molecule has 182 valence electrons. The van der Waals surface area contributed by atoms with E-state index in [2.05, 4.69) is 4.98 Å². The van der Waals surface area contributed by atoms with Crippen molar-refractivity contribution in [1.82, 2.24) is 9.88 Å². The number of aliphatic hydroxyl groups excluding tert-OH is 1. The number of ether oxygens (including phenoxy) is 3. The maximum absolute atomic E-state index is 13.4. The molecule has 2 saturated heterocycles. The number of hydrogen-bond donors (Lipinski definition) is 2. The van der Waals surface area contributed by atoms with Gasteiger partial charge in [-0.3, -0.25) is 9.59 Å². The highest BCUT2D eigenvalue weighted by Gasteiger charge is 2.47. The minimum absolute atomic E-state index is 0.0453. The Bertz CT molecular complexity index is 1300. The van der Waals surface area contributed by atoms with Gasteiger partial charge in [0, 0.05) is 35.8 Å². The number of Topliss-reactive ketones (excluding diaryl/α,β-unsaturated/α-hetero) is 1. The lowest BCUT2D eigenvalue weighted by molar-refractivity contribution is -0.140. The number of amides is 1. The standard InChI is InChI=1S/C27H28N2O6/c1-3-34-21-11-10-16(13-22(21)33-2)24-23(25(30)19-14-28-20-9-5-4-8-18(19)20)26(31)27(32)29(24)15-17-7-6-12-35-17/h4-5,8-11,13-14,17,24,28,30H,3,6-7,12,15H2,1-2H3/b25-23-. The van der Waals surface area contributed by atoms with Gasteiger partial charge < -0.3 is 29.2 Å². The summed E-state index contributed by atoms with van der Waals surface area (Å²) in [4.78, 5) is 31.2. The van der Waals surface area contributed by atoms with Crippen molar-refractivity contribution in [3.8, 4) is 11.5 Å². The Morgan fingerprint density at radius 2 is 2.03 bits per heavy atom. The van der Waals surface area contributed by atoms with Crippen molar-refractivity contribution in [1.29, 1.82) is 0 Å². The Morgan fingerprint density at radius 3 is 2.77 bits per heavy atom. The third-order valence-corrected chi connectivity index (χ3v) is 6.61. The van der Waals surface area contributed by atoms with Gasteiger partial charge >= 0.3 is 0 Å². The number of nitrogens with zero attached hydrogens (tertiary/aromatic N) is 1. The van der Waals surface area contributed by atoms with Crippen molar-refractivity contribution in [2.45, 2.75) is 31.9 Å². The number of likely N-dealkylation sites (tertiary alicyclic amines) is 1. The van der Waals surface area contributed by atoms with Gasteiger partial charge in [0.25, 0.3) is 11.7 Å². The third kappa shape index (κ3) is 4.04. The van der Waals surface area contributed by atoms with Crippen molar-refractivity contribution < 1.29 is 28.9 Å². The Hall–Kier alpha value is -3.78. The number of benzene rings is 2. The second-order valence-corrected chi connectivity index (χ2v) is 8.68. The second kappa shape index (κ2) is 9.46. The minimum Gasteiger partial charge on any atom is -0.507 e. The van der Waals surface area contributed by atoms with E-state index in [9.17, 15) is 14.7 Å². The number of methoxy groups -OCH3 is 1. The first-order chi connectivity index (χ1) is 17.0. The maximum atomic E-state index is 13.4. The van der Waals surface area contributed by atoms with Gasteiger partial charge in [0.15, 0.2) is 11.5 Å². The predicted molar refractivity (Wildman–Crippen MR) is 130 cm³/mol. The van der Waals surface area contributed by atoms with E-state index in [1.54, 1.807) is 24.4 Å². The molecule has 0 radical (unpaired) electrons. The lowest BCUT2D eigenvalue weighted by Crippen LogP contribution is -2.36. The zero-order valence-electron chi connectivity index (χ0n) is 19.7. The van der Waals surface area contributed by atoms with Crippen LogP contribution in [-0.4, -0.2) is 59.7 Å². The van der Waals surface area contributed by atoms with E-state index in [0.29, 0.717) is 35.8 Å². The number of fused-ring (bicyclic) bond motifs is 1. The first-order valence-electron chi connectivity index (χ1n) is 11.8. The fourth-order valence-corrected chi connectivity index (χ4v) is 4.96. The molecule has 3 heterocycles. The lowest BCUT2D eigenvalue weighted by atomic mass is 9.94. The quantitative estimate of drug-likeness (QED) is 0.302. The molecule has 0 aliphatic carbocycles. The molecule has 0 saturated carbocycles. The second-order valence-electron chi connectivity index (χ2n) is 8.68. The first-order valence-corrected chi connectivity index (χ1v) is 11.8. The summed E-state index contributed by atoms with van der Waals surface area (Å²) in [5.74, 6) is -0.539. The van der Waals surface area contributed by atoms with Crippen LogP contribution in [0.2, 0.25) is 0 Å². The van der Waals surface area contributed by atoms with E-state index >= 15 is 0 Å². The molecule has 2 unspecified atom stereocenters. The summed E-state index contributed by atoms with van der Waals surface area (Å²) in [6.45, 7) is 3.24. The summed E-state index contributed by atoms with van der Waals surface area (Å²) >= 11 is 0. The van der Waals surface area contributed by atoms with Gasteiger partial charge in [0.2, 0.25) is 0 Å². The average molecular weight is 477 g/mol. The van der Waals surface area contributed by atoms with E-state index in [1.807, 2.05) is 31.2 Å². The molecule has 8 heteroatoms. The van der Waals surface area contributed by atoms with Gasteiger partial charge in [-0.1, -0.05) is 24.3 Å². The molecule has 1 aromatic heterocycles. The molecule has 3 aromatic rings. The van der Waals surface area contributed by atoms with E-state index < -0.39 is 17.7 Å². The smallest absolute Gasteiger partial charge is 0.295 e. The summed E-state index contributed by atoms with van der Waals surface area (Å²) in [5.41, 5.74) is 1.98. The van der Waals surface area contributed by atoms with Crippen LogP contribution in [0.3, 0.4) is 0 Å². The number of H-pyrrole nitrogens is 1. The molecular formula is C27H28N2O6. The molecule has 2 atom stereocenters. The van der Waals surface area contributed by atoms with E-state index in [1.165, 1.54) is 12.0 Å². The molecule has 0 spiro atoms. The molecule has 2 aliphatic rings. The number of aliphatic hydroxyl groups is 1. The molecule has 1 amide bonds. The van der Waals surface area contributed by atoms with E-state index in [0.717, 1.165) is 23.7 Å². The Kier molecular flexibility index (Phi) is 6.21. The van der Waals surface area contributed by atoms with E-state index in [4.69, 9.17) is 14.2 Å². The number of carbonyl (C=O) groups excluding carboxylic acids is 2. The highest BCUT2D eigenvalue weighted by atomic mass is 16.5. The molecular weight excluding hydrogens is 448 g/mol. The highest BCUT2D eigenvalue weighted by molar-refractivity contribution is 6.46. The minimum atomic E-state index is -0.794. The fourth-order valence-electron chi connectivity index (χ4n) is 4.96. The number of nitrogens with one attached hydrogen (secondary N) is 1. The third-order valence-electron chi connectivity index (χ3n) is 6.61.